The van der Waals surface area contributed by atoms with Gasteiger partial charge in [-0.1, -0.05) is 28.9 Å². The Morgan fingerprint density at radius 2 is 1.77 bits per heavy atom. The van der Waals surface area contributed by atoms with E-state index in [9.17, 15) is 20.2 Å². The minimum Gasteiger partial charge on any atom is -0.349 e. The van der Waals surface area contributed by atoms with Gasteiger partial charge in [0.2, 0.25) is 5.75 Å². The molecular formula is C16H15ClN4O5. The zero-order valence-corrected chi connectivity index (χ0v) is 14.7. The number of nitrogens with zero attached hydrogens (tertiary/aromatic N) is 4. The van der Waals surface area contributed by atoms with Gasteiger partial charge in [0.15, 0.2) is 0 Å². The molecule has 0 N–H and O–H groups in total. The first-order valence-corrected chi connectivity index (χ1v) is 7.73. The maximum atomic E-state index is 11.2. The summed E-state index contributed by atoms with van der Waals surface area (Å²) in [6.07, 6.45) is 0. The molecule has 10 heteroatoms. The summed E-state index contributed by atoms with van der Waals surface area (Å²) >= 11 is 5.88. The van der Waals surface area contributed by atoms with E-state index in [-0.39, 0.29) is 5.75 Å². The van der Waals surface area contributed by atoms with Gasteiger partial charge in [0.1, 0.15) is 5.71 Å². The van der Waals surface area contributed by atoms with Crippen molar-refractivity contribution in [1.29, 1.82) is 0 Å². The fraction of sp³-hybridized carbons (Fsp3) is 0.188. The molecule has 0 heterocycles. The minimum absolute atomic E-state index is 0.189. The second kappa shape index (κ2) is 8.37. The number of nitro benzene ring substituents is 2. The molecule has 0 fully saturated rings. The van der Waals surface area contributed by atoms with Gasteiger partial charge in [-0.2, -0.15) is 0 Å². The molecule has 9 nitrogen and oxygen atoms in total. The number of nitro groups is 2. The highest BCUT2D eigenvalue weighted by Gasteiger charge is 2.21. The van der Waals surface area contributed by atoms with Gasteiger partial charge in [0.05, 0.1) is 15.9 Å². The lowest BCUT2D eigenvalue weighted by molar-refractivity contribution is -0.394. The zero-order valence-electron chi connectivity index (χ0n) is 14.0. The van der Waals surface area contributed by atoms with Gasteiger partial charge >= 0.3 is 5.69 Å². The van der Waals surface area contributed by atoms with E-state index in [1.807, 2.05) is 19.0 Å². The first kappa shape index (κ1) is 19.3. The average molecular weight is 379 g/mol. The lowest BCUT2D eigenvalue weighted by Gasteiger charge is -2.12. The molecule has 0 aliphatic rings. The molecule has 0 saturated heterocycles. The normalized spacial score (nSPS) is 11.5. The first-order chi connectivity index (χ1) is 12.3. The van der Waals surface area contributed by atoms with Gasteiger partial charge in [0, 0.05) is 23.2 Å². The molecule has 0 bridgehead atoms. The number of oxime groups is 1. The summed E-state index contributed by atoms with van der Waals surface area (Å²) in [5.74, 6) is -0.189. The Bertz CT molecular complexity index is 852. The van der Waals surface area contributed by atoms with Crippen LogP contribution in [-0.2, 0) is 0 Å². The van der Waals surface area contributed by atoms with Gasteiger partial charge < -0.3 is 9.74 Å². The predicted octanol–water partition coefficient (Wildman–Crippen LogP) is 3.50. The standard InChI is InChI=1S/C16H15ClN4O5/c1-19(2)10-14(11-3-5-12(17)6-4-11)18-26-16-8-7-13(20(22)23)9-15(16)21(24)25/h3-9H,10H2,1-2H3. The SMILES string of the molecule is CN(C)CC(=NOc1ccc([N+](=O)[O-])cc1[N+](=O)[O-])c1ccc(Cl)cc1. The van der Waals surface area contributed by atoms with Crippen LogP contribution in [0.1, 0.15) is 5.56 Å². The van der Waals surface area contributed by atoms with Crippen LogP contribution in [0.15, 0.2) is 47.6 Å². The third kappa shape index (κ3) is 4.98. The fourth-order valence-electron chi connectivity index (χ4n) is 2.06. The average Bonchev–Trinajstić information content (AvgIpc) is 2.58. The van der Waals surface area contributed by atoms with Crippen molar-refractivity contribution < 1.29 is 14.7 Å². The molecule has 0 unspecified atom stereocenters. The number of rotatable bonds is 7. The molecule has 26 heavy (non-hydrogen) atoms. The quantitative estimate of drug-likeness (QED) is 0.414. The number of hydrogen-bond donors (Lipinski definition) is 0. The lowest BCUT2D eigenvalue weighted by Crippen LogP contribution is -2.23. The van der Waals surface area contributed by atoms with Crippen molar-refractivity contribution in [1.82, 2.24) is 4.90 Å². The number of hydrogen-bond acceptors (Lipinski definition) is 7. The molecule has 2 aromatic rings. The van der Waals surface area contributed by atoms with Gasteiger partial charge in [-0.05, 0) is 32.3 Å². The van der Waals surface area contributed by atoms with Gasteiger partial charge in [-0.25, -0.2) is 0 Å². The van der Waals surface area contributed by atoms with Crippen LogP contribution in [0.2, 0.25) is 5.02 Å². The summed E-state index contributed by atoms with van der Waals surface area (Å²) in [7, 11) is 3.67. The molecule has 0 aliphatic heterocycles. The number of non-ortho nitro benzene ring substituents is 1. The highest BCUT2D eigenvalue weighted by atomic mass is 35.5. The van der Waals surface area contributed by atoms with E-state index in [4.69, 9.17) is 16.4 Å². The third-order valence-electron chi connectivity index (χ3n) is 3.25. The molecule has 0 spiro atoms. The second-order valence-corrected chi connectivity index (χ2v) is 5.98. The largest absolute Gasteiger partial charge is 0.349 e. The molecule has 0 amide bonds. The van der Waals surface area contributed by atoms with Crippen LogP contribution in [0.5, 0.6) is 5.75 Å². The summed E-state index contributed by atoms with van der Waals surface area (Å²) in [4.78, 5) is 27.6. The molecule has 0 saturated carbocycles. The minimum atomic E-state index is -0.758. The van der Waals surface area contributed by atoms with Crippen LogP contribution in [0.25, 0.3) is 0 Å². The molecule has 0 atom stereocenters. The first-order valence-electron chi connectivity index (χ1n) is 7.35. The van der Waals surface area contributed by atoms with E-state index in [0.717, 1.165) is 23.8 Å². The molecular weight excluding hydrogens is 364 g/mol. The van der Waals surface area contributed by atoms with Crippen molar-refractivity contribution in [3.05, 3.63) is 73.3 Å². The van der Waals surface area contributed by atoms with Gasteiger partial charge in [0.25, 0.3) is 5.69 Å². The number of likely N-dealkylation sites (N-methyl/N-ethyl adjacent to an activating group) is 1. The van der Waals surface area contributed by atoms with E-state index in [1.54, 1.807) is 24.3 Å². The number of benzene rings is 2. The van der Waals surface area contributed by atoms with E-state index in [0.29, 0.717) is 17.3 Å². The van der Waals surface area contributed by atoms with Crippen LogP contribution >= 0.6 is 11.6 Å². The van der Waals surface area contributed by atoms with Crippen LogP contribution < -0.4 is 4.84 Å². The zero-order chi connectivity index (χ0) is 19.3. The molecule has 2 rings (SSSR count). The van der Waals surface area contributed by atoms with Crippen molar-refractivity contribution in [3.63, 3.8) is 0 Å². The van der Waals surface area contributed by atoms with Crippen molar-refractivity contribution in [2.45, 2.75) is 0 Å². The van der Waals surface area contributed by atoms with Crippen molar-refractivity contribution in [2.75, 3.05) is 20.6 Å². The highest BCUT2D eigenvalue weighted by molar-refractivity contribution is 6.30. The Balaban J connectivity index is 2.38. The van der Waals surface area contributed by atoms with Crippen LogP contribution in [0, 0.1) is 20.2 Å². The topological polar surface area (TPSA) is 111 Å². The Kier molecular flexibility index (Phi) is 6.21. The second-order valence-electron chi connectivity index (χ2n) is 5.54. The van der Waals surface area contributed by atoms with Crippen LogP contribution in [-0.4, -0.2) is 41.1 Å². The Hall–Kier alpha value is -3.04. The summed E-state index contributed by atoms with van der Waals surface area (Å²) in [6.45, 7) is 0.405. The molecule has 2 aromatic carbocycles. The Morgan fingerprint density at radius 3 is 2.31 bits per heavy atom. The van der Waals surface area contributed by atoms with Gasteiger partial charge in [-0.3, -0.25) is 20.2 Å². The maximum absolute atomic E-state index is 11.2. The van der Waals surface area contributed by atoms with Crippen LogP contribution in [0.4, 0.5) is 11.4 Å². The van der Waals surface area contributed by atoms with Gasteiger partial charge in [-0.15, -0.1) is 0 Å². The van der Waals surface area contributed by atoms with E-state index in [1.165, 1.54) is 0 Å². The molecule has 0 radical (unpaired) electrons. The smallest absolute Gasteiger partial charge is 0.321 e. The van der Waals surface area contributed by atoms with E-state index >= 15 is 0 Å². The molecule has 0 aromatic heterocycles. The van der Waals surface area contributed by atoms with Crippen LogP contribution in [0.3, 0.4) is 0 Å². The fourth-order valence-corrected chi connectivity index (χ4v) is 2.18. The van der Waals surface area contributed by atoms with E-state index in [2.05, 4.69) is 5.16 Å². The van der Waals surface area contributed by atoms with Crippen molar-refractivity contribution >= 4 is 28.7 Å². The number of halogens is 1. The molecule has 136 valence electrons. The summed E-state index contributed by atoms with van der Waals surface area (Å²) in [6, 6.07) is 9.97. The lowest BCUT2D eigenvalue weighted by atomic mass is 10.1. The Labute approximate surface area is 153 Å². The highest BCUT2D eigenvalue weighted by Crippen LogP contribution is 2.31. The summed E-state index contributed by atoms with van der Waals surface area (Å²) in [5.41, 5.74) is 0.300. The van der Waals surface area contributed by atoms with E-state index < -0.39 is 21.2 Å². The van der Waals surface area contributed by atoms with Crippen molar-refractivity contribution in [3.8, 4) is 5.75 Å². The van der Waals surface area contributed by atoms with Crippen molar-refractivity contribution in [2.24, 2.45) is 5.16 Å². The summed E-state index contributed by atoms with van der Waals surface area (Å²) < 4.78 is 0. The predicted molar refractivity (Wildman–Crippen MR) is 96.9 cm³/mol. The monoisotopic (exact) mass is 378 g/mol. The Morgan fingerprint density at radius 1 is 1.12 bits per heavy atom. The molecule has 0 aliphatic carbocycles. The summed E-state index contributed by atoms with van der Waals surface area (Å²) in [5, 5.41) is 26.5. The third-order valence-corrected chi connectivity index (χ3v) is 3.50. The maximum Gasteiger partial charge on any atom is 0.321 e.